The molecule has 0 saturated heterocycles. The Morgan fingerprint density at radius 2 is 1.95 bits per heavy atom. The van der Waals surface area contributed by atoms with Gasteiger partial charge in [-0.05, 0) is 38.0 Å². The fourth-order valence-electron chi connectivity index (χ4n) is 1.41. The standard InChI is InChI=1S/C13H18Cl2N2O2/c1-3-19-6-4-5-16-13(18)17-10-7-11(14)9(2)12(15)8-10/h7-8H,3-6H2,1-2H3,(H2,16,17,18). The van der Waals surface area contributed by atoms with Gasteiger partial charge in [-0.25, -0.2) is 4.79 Å². The van der Waals surface area contributed by atoms with E-state index in [1.54, 1.807) is 12.1 Å². The third-order valence-electron chi connectivity index (χ3n) is 2.49. The number of urea groups is 1. The van der Waals surface area contributed by atoms with Gasteiger partial charge in [0, 0.05) is 35.5 Å². The summed E-state index contributed by atoms with van der Waals surface area (Å²) in [6.45, 7) is 5.64. The second-order valence-electron chi connectivity index (χ2n) is 4.00. The van der Waals surface area contributed by atoms with Crippen molar-refractivity contribution in [3.63, 3.8) is 0 Å². The zero-order chi connectivity index (χ0) is 14.3. The molecular weight excluding hydrogens is 287 g/mol. The van der Waals surface area contributed by atoms with E-state index < -0.39 is 0 Å². The molecule has 1 rings (SSSR count). The first-order valence-electron chi connectivity index (χ1n) is 6.12. The fraction of sp³-hybridized carbons (Fsp3) is 0.462. The lowest BCUT2D eigenvalue weighted by atomic mass is 10.2. The van der Waals surface area contributed by atoms with E-state index in [2.05, 4.69) is 10.6 Å². The molecule has 0 heterocycles. The Morgan fingerprint density at radius 3 is 2.53 bits per heavy atom. The predicted molar refractivity (Wildman–Crippen MR) is 79.3 cm³/mol. The molecular formula is C13H18Cl2N2O2. The maximum atomic E-state index is 11.6. The van der Waals surface area contributed by atoms with Crippen LogP contribution >= 0.6 is 23.2 Å². The molecule has 4 nitrogen and oxygen atoms in total. The quantitative estimate of drug-likeness (QED) is 0.784. The molecule has 0 aliphatic carbocycles. The molecule has 0 saturated carbocycles. The van der Waals surface area contributed by atoms with Gasteiger partial charge in [0.2, 0.25) is 0 Å². The molecule has 0 aromatic heterocycles. The third-order valence-corrected chi connectivity index (χ3v) is 3.28. The zero-order valence-electron chi connectivity index (χ0n) is 11.1. The van der Waals surface area contributed by atoms with Crippen LogP contribution < -0.4 is 10.6 Å². The number of hydrogen-bond donors (Lipinski definition) is 2. The number of nitrogens with one attached hydrogen (secondary N) is 2. The Labute approximate surface area is 123 Å². The van der Waals surface area contributed by atoms with Crippen LogP contribution in [0, 0.1) is 6.92 Å². The van der Waals surface area contributed by atoms with Gasteiger partial charge in [0.1, 0.15) is 0 Å². The smallest absolute Gasteiger partial charge is 0.319 e. The monoisotopic (exact) mass is 304 g/mol. The topological polar surface area (TPSA) is 50.4 Å². The highest BCUT2D eigenvalue weighted by molar-refractivity contribution is 6.36. The highest BCUT2D eigenvalue weighted by Crippen LogP contribution is 2.27. The van der Waals surface area contributed by atoms with Crippen molar-refractivity contribution in [3.8, 4) is 0 Å². The first kappa shape index (κ1) is 16.1. The highest BCUT2D eigenvalue weighted by atomic mass is 35.5. The summed E-state index contributed by atoms with van der Waals surface area (Å²) in [5.74, 6) is 0. The fourth-order valence-corrected chi connectivity index (χ4v) is 1.90. The lowest BCUT2D eigenvalue weighted by molar-refractivity contribution is 0.145. The van der Waals surface area contributed by atoms with Crippen LogP contribution in [-0.4, -0.2) is 25.8 Å². The Kier molecular flexibility index (Phi) is 6.99. The van der Waals surface area contributed by atoms with Gasteiger partial charge in [-0.15, -0.1) is 0 Å². The number of carbonyl (C=O) groups is 1. The second kappa shape index (κ2) is 8.25. The number of anilines is 1. The minimum Gasteiger partial charge on any atom is -0.382 e. The zero-order valence-corrected chi connectivity index (χ0v) is 12.6. The summed E-state index contributed by atoms with van der Waals surface area (Å²) in [7, 11) is 0. The third kappa shape index (κ3) is 5.68. The van der Waals surface area contributed by atoms with Crippen molar-refractivity contribution in [2.45, 2.75) is 20.3 Å². The van der Waals surface area contributed by atoms with Gasteiger partial charge in [-0.3, -0.25) is 0 Å². The van der Waals surface area contributed by atoms with Crippen LogP contribution in [0.4, 0.5) is 10.5 Å². The van der Waals surface area contributed by atoms with Crippen LogP contribution in [0.1, 0.15) is 18.9 Å². The van der Waals surface area contributed by atoms with Crippen molar-refractivity contribution in [3.05, 3.63) is 27.7 Å². The van der Waals surface area contributed by atoms with Gasteiger partial charge >= 0.3 is 6.03 Å². The average Bonchev–Trinajstić information content (AvgIpc) is 2.35. The molecule has 0 atom stereocenters. The minimum absolute atomic E-state index is 0.285. The molecule has 2 amide bonds. The number of carbonyl (C=O) groups excluding carboxylic acids is 1. The molecule has 19 heavy (non-hydrogen) atoms. The first-order valence-corrected chi connectivity index (χ1v) is 6.88. The van der Waals surface area contributed by atoms with E-state index in [-0.39, 0.29) is 6.03 Å². The van der Waals surface area contributed by atoms with E-state index in [1.165, 1.54) is 0 Å². The summed E-state index contributed by atoms with van der Waals surface area (Å²) >= 11 is 12.0. The van der Waals surface area contributed by atoms with Crippen LogP contribution in [0.25, 0.3) is 0 Å². The van der Waals surface area contributed by atoms with Crippen molar-refractivity contribution in [1.29, 1.82) is 0 Å². The molecule has 0 radical (unpaired) electrons. The molecule has 106 valence electrons. The largest absolute Gasteiger partial charge is 0.382 e. The molecule has 0 spiro atoms. The van der Waals surface area contributed by atoms with E-state index in [4.69, 9.17) is 27.9 Å². The normalized spacial score (nSPS) is 10.3. The number of hydrogen-bond acceptors (Lipinski definition) is 2. The number of ether oxygens (including phenoxy) is 1. The highest BCUT2D eigenvalue weighted by Gasteiger charge is 2.06. The Balaban J connectivity index is 2.40. The molecule has 2 N–H and O–H groups in total. The van der Waals surface area contributed by atoms with Gasteiger partial charge in [-0.2, -0.15) is 0 Å². The van der Waals surface area contributed by atoms with Gasteiger partial charge < -0.3 is 15.4 Å². The summed E-state index contributed by atoms with van der Waals surface area (Å²) in [6, 6.07) is 3.05. The Hall–Kier alpha value is -0.970. The van der Waals surface area contributed by atoms with Crippen molar-refractivity contribution in [2.24, 2.45) is 0 Å². The molecule has 1 aromatic carbocycles. The number of halogens is 2. The lowest BCUT2D eigenvalue weighted by Gasteiger charge is -2.10. The van der Waals surface area contributed by atoms with Crippen molar-refractivity contribution >= 4 is 34.9 Å². The molecule has 1 aromatic rings. The second-order valence-corrected chi connectivity index (χ2v) is 4.81. The van der Waals surface area contributed by atoms with Crippen LogP contribution in [0.3, 0.4) is 0 Å². The maximum Gasteiger partial charge on any atom is 0.319 e. The lowest BCUT2D eigenvalue weighted by Crippen LogP contribution is -2.30. The summed E-state index contributed by atoms with van der Waals surface area (Å²) in [6.07, 6.45) is 0.774. The van der Waals surface area contributed by atoms with Crippen molar-refractivity contribution < 1.29 is 9.53 Å². The minimum atomic E-state index is -0.285. The Bertz CT molecular complexity index is 416. The number of rotatable bonds is 6. The van der Waals surface area contributed by atoms with Crippen molar-refractivity contribution in [1.82, 2.24) is 5.32 Å². The van der Waals surface area contributed by atoms with Crippen LogP contribution in [0.5, 0.6) is 0 Å². The average molecular weight is 305 g/mol. The summed E-state index contributed by atoms with van der Waals surface area (Å²) < 4.78 is 5.17. The van der Waals surface area contributed by atoms with Crippen LogP contribution in [0.2, 0.25) is 10.0 Å². The summed E-state index contributed by atoms with van der Waals surface area (Å²) in [4.78, 5) is 11.6. The number of benzene rings is 1. The number of amides is 2. The predicted octanol–water partition coefficient (Wildman–Crippen LogP) is 3.85. The van der Waals surface area contributed by atoms with Gasteiger partial charge in [-0.1, -0.05) is 23.2 Å². The summed E-state index contributed by atoms with van der Waals surface area (Å²) in [5.41, 5.74) is 1.37. The molecule has 0 unspecified atom stereocenters. The van der Waals surface area contributed by atoms with E-state index >= 15 is 0 Å². The molecule has 0 fully saturated rings. The summed E-state index contributed by atoms with van der Waals surface area (Å²) in [5, 5.41) is 6.46. The van der Waals surface area contributed by atoms with E-state index in [0.29, 0.717) is 35.5 Å². The van der Waals surface area contributed by atoms with Crippen LogP contribution in [0.15, 0.2) is 12.1 Å². The van der Waals surface area contributed by atoms with E-state index in [0.717, 1.165) is 12.0 Å². The molecule has 6 heteroatoms. The molecule has 0 aliphatic heterocycles. The SMILES string of the molecule is CCOCCCNC(=O)Nc1cc(Cl)c(C)c(Cl)c1. The van der Waals surface area contributed by atoms with Gasteiger partial charge in [0.25, 0.3) is 0 Å². The first-order chi connectivity index (χ1) is 9.04. The van der Waals surface area contributed by atoms with Gasteiger partial charge in [0.05, 0.1) is 0 Å². The van der Waals surface area contributed by atoms with E-state index in [1.807, 2.05) is 13.8 Å². The van der Waals surface area contributed by atoms with Crippen LogP contribution in [-0.2, 0) is 4.74 Å². The Morgan fingerprint density at radius 1 is 1.32 bits per heavy atom. The molecule has 0 aliphatic rings. The van der Waals surface area contributed by atoms with Crippen molar-refractivity contribution in [2.75, 3.05) is 25.1 Å². The molecule has 0 bridgehead atoms. The maximum absolute atomic E-state index is 11.6. The van der Waals surface area contributed by atoms with E-state index in [9.17, 15) is 4.79 Å². The van der Waals surface area contributed by atoms with Gasteiger partial charge in [0.15, 0.2) is 0 Å².